The lowest BCUT2D eigenvalue weighted by atomic mass is 9.86. The lowest BCUT2D eigenvalue weighted by Gasteiger charge is -2.35. The molecule has 0 saturated heterocycles. The summed E-state index contributed by atoms with van der Waals surface area (Å²) < 4.78 is 5.85. The molecule has 0 amide bonds. The van der Waals surface area contributed by atoms with Gasteiger partial charge in [0.05, 0.1) is 6.10 Å². The van der Waals surface area contributed by atoms with Crippen molar-refractivity contribution in [3.63, 3.8) is 0 Å². The molecule has 0 aliphatic carbocycles. The molecular formula is C12H25NO3. The zero-order valence-electron chi connectivity index (χ0n) is 11.5. The summed E-state index contributed by atoms with van der Waals surface area (Å²) in [4.78, 5) is 10.3. The van der Waals surface area contributed by atoms with Gasteiger partial charge >= 0.3 is 0 Å². The molecule has 0 rings (SSSR count). The summed E-state index contributed by atoms with van der Waals surface area (Å²) in [5.41, 5.74) is -0.216. The predicted octanol–water partition coefficient (Wildman–Crippen LogP) is 3.13. The van der Waals surface area contributed by atoms with Crippen LogP contribution in [0.4, 0.5) is 0 Å². The number of nitrogens with zero attached hydrogens (tertiary/aromatic N) is 1. The van der Waals surface area contributed by atoms with Crippen molar-refractivity contribution in [1.29, 1.82) is 0 Å². The number of hydrogen-bond donors (Lipinski definition) is 0. The van der Waals surface area contributed by atoms with Crippen molar-refractivity contribution < 1.29 is 9.66 Å². The minimum Gasteiger partial charge on any atom is -0.367 e. The Kier molecular flexibility index (Phi) is 4.92. The summed E-state index contributed by atoms with van der Waals surface area (Å²) in [5.74, 6) is 0. The van der Waals surface area contributed by atoms with Gasteiger partial charge < -0.3 is 4.74 Å². The zero-order chi connectivity index (χ0) is 13.1. The minimum atomic E-state index is -0.350. The Balaban J connectivity index is 4.62. The van der Waals surface area contributed by atoms with Gasteiger partial charge in [0.25, 0.3) is 0 Å². The molecule has 96 valence electrons. The fraction of sp³-hybridized carbons (Fsp3) is 1.00. The van der Waals surface area contributed by atoms with Crippen LogP contribution in [0.25, 0.3) is 0 Å². The topological polar surface area (TPSA) is 52.4 Å². The van der Waals surface area contributed by atoms with E-state index in [0.29, 0.717) is 0 Å². The molecule has 4 heteroatoms. The predicted molar refractivity (Wildman–Crippen MR) is 65.1 cm³/mol. The number of hydrogen-bond acceptors (Lipinski definition) is 3. The summed E-state index contributed by atoms with van der Waals surface area (Å²) in [5, 5.41) is 10.6. The maximum absolute atomic E-state index is 10.6. The molecule has 0 spiro atoms. The average Bonchev–Trinajstić information content (AvgIpc) is 1.98. The van der Waals surface area contributed by atoms with E-state index in [2.05, 4.69) is 20.8 Å². The summed E-state index contributed by atoms with van der Waals surface area (Å²) >= 11 is 0. The van der Waals surface area contributed by atoms with Crippen LogP contribution < -0.4 is 0 Å². The molecule has 16 heavy (non-hydrogen) atoms. The molecule has 0 aliphatic heterocycles. The molecule has 0 aromatic carbocycles. The van der Waals surface area contributed by atoms with E-state index < -0.39 is 0 Å². The monoisotopic (exact) mass is 231 g/mol. The Morgan fingerprint density at radius 3 is 1.81 bits per heavy atom. The molecule has 2 atom stereocenters. The van der Waals surface area contributed by atoms with Crippen molar-refractivity contribution >= 4 is 0 Å². The van der Waals surface area contributed by atoms with Gasteiger partial charge in [-0.2, -0.15) is 0 Å². The van der Waals surface area contributed by atoms with Crippen LogP contribution in [0.5, 0.6) is 0 Å². The molecule has 0 heterocycles. The first-order valence-electron chi connectivity index (χ1n) is 5.72. The van der Waals surface area contributed by atoms with Crippen LogP contribution >= 0.6 is 0 Å². The Morgan fingerprint density at radius 1 is 1.12 bits per heavy atom. The first-order valence-corrected chi connectivity index (χ1v) is 5.72. The Labute approximate surface area is 98.5 Å². The lowest BCUT2D eigenvalue weighted by molar-refractivity contribution is -0.496. The van der Waals surface area contributed by atoms with E-state index in [1.165, 1.54) is 0 Å². The summed E-state index contributed by atoms with van der Waals surface area (Å²) in [6.07, 6.45) is -0.353. The van der Waals surface area contributed by atoms with Crippen molar-refractivity contribution in [3.05, 3.63) is 10.1 Å². The second-order valence-electron chi connectivity index (χ2n) is 6.51. The molecule has 0 aliphatic rings. The van der Waals surface area contributed by atoms with Crippen molar-refractivity contribution in [2.24, 2.45) is 10.8 Å². The van der Waals surface area contributed by atoms with Crippen LogP contribution in [0.15, 0.2) is 0 Å². The van der Waals surface area contributed by atoms with Gasteiger partial charge in [0.15, 0.2) is 0 Å². The van der Waals surface area contributed by atoms with Crippen molar-refractivity contribution in [1.82, 2.24) is 0 Å². The SMILES string of the molecule is CC(OC(C[N+](=O)[O-])C(C)(C)C)C(C)(C)C. The fourth-order valence-electron chi connectivity index (χ4n) is 1.11. The van der Waals surface area contributed by atoms with Gasteiger partial charge in [0.2, 0.25) is 6.54 Å². The third-order valence-corrected chi connectivity index (χ3v) is 2.87. The molecule has 0 saturated carbocycles. The standard InChI is InChI=1S/C12H25NO3/c1-9(11(2,3)4)16-10(8-13(14)15)12(5,6)7/h9-10H,8H2,1-7H3. The highest BCUT2D eigenvalue weighted by molar-refractivity contribution is 4.78. The molecule has 4 nitrogen and oxygen atoms in total. The van der Waals surface area contributed by atoms with E-state index in [4.69, 9.17) is 4.74 Å². The highest BCUT2D eigenvalue weighted by Gasteiger charge is 2.34. The third-order valence-electron chi connectivity index (χ3n) is 2.87. The molecular weight excluding hydrogens is 206 g/mol. The van der Waals surface area contributed by atoms with Crippen LogP contribution in [0.2, 0.25) is 0 Å². The highest BCUT2D eigenvalue weighted by Crippen LogP contribution is 2.29. The summed E-state index contributed by atoms with van der Waals surface area (Å²) in [6, 6.07) is 0. The van der Waals surface area contributed by atoms with Gasteiger partial charge in [-0.1, -0.05) is 41.5 Å². The molecule has 0 radical (unpaired) electrons. The van der Waals surface area contributed by atoms with E-state index in [0.717, 1.165) is 0 Å². The normalized spacial score (nSPS) is 16.9. The van der Waals surface area contributed by atoms with Crippen molar-refractivity contribution in [3.8, 4) is 0 Å². The van der Waals surface area contributed by atoms with E-state index in [9.17, 15) is 10.1 Å². The van der Waals surface area contributed by atoms with E-state index >= 15 is 0 Å². The molecule has 0 aromatic rings. The number of rotatable bonds is 4. The van der Waals surface area contributed by atoms with Crippen molar-refractivity contribution in [2.75, 3.05) is 6.54 Å². The van der Waals surface area contributed by atoms with E-state index in [1.807, 2.05) is 27.7 Å². The van der Waals surface area contributed by atoms with Crippen LogP contribution in [0.1, 0.15) is 48.5 Å². The Bertz CT molecular complexity index is 238. The van der Waals surface area contributed by atoms with Gasteiger partial charge in [-0.05, 0) is 17.8 Å². The van der Waals surface area contributed by atoms with Gasteiger partial charge in [0.1, 0.15) is 6.10 Å². The van der Waals surface area contributed by atoms with Gasteiger partial charge in [-0.25, -0.2) is 0 Å². The van der Waals surface area contributed by atoms with Gasteiger partial charge in [-0.3, -0.25) is 10.1 Å². The molecule has 2 unspecified atom stereocenters. The first kappa shape index (κ1) is 15.4. The lowest BCUT2D eigenvalue weighted by Crippen LogP contribution is -2.41. The van der Waals surface area contributed by atoms with Crippen LogP contribution in [-0.2, 0) is 4.74 Å². The quantitative estimate of drug-likeness (QED) is 0.551. The Hall–Kier alpha value is -0.640. The second-order valence-corrected chi connectivity index (χ2v) is 6.51. The molecule has 0 fully saturated rings. The molecule has 0 N–H and O–H groups in total. The van der Waals surface area contributed by atoms with Crippen molar-refractivity contribution in [2.45, 2.75) is 60.7 Å². The van der Waals surface area contributed by atoms with E-state index in [1.54, 1.807) is 0 Å². The largest absolute Gasteiger partial charge is 0.367 e. The molecule has 0 bridgehead atoms. The minimum absolute atomic E-state index is 0.0000978. The highest BCUT2D eigenvalue weighted by atomic mass is 16.6. The third kappa shape index (κ3) is 5.45. The van der Waals surface area contributed by atoms with Gasteiger partial charge in [-0.15, -0.1) is 0 Å². The summed E-state index contributed by atoms with van der Waals surface area (Å²) in [7, 11) is 0. The number of nitro groups is 1. The zero-order valence-corrected chi connectivity index (χ0v) is 11.5. The average molecular weight is 231 g/mol. The number of ether oxygens (including phenoxy) is 1. The first-order chi connectivity index (χ1) is 6.94. The van der Waals surface area contributed by atoms with Crippen LogP contribution in [0.3, 0.4) is 0 Å². The summed E-state index contributed by atoms with van der Waals surface area (Å²) in [6.45, 7) is 14.0. The maximum Gasteiger partial charge on any atom is 0.230 e. The van der Waals surface area contributed by atoms with Crippen LogP contribution in [-0.4, -0.2) is 23.7 Å². The maximum atomic E-state index is 10.6. The van der Waals surface area contributed by atoms with Crippen LogP contribution in [0, 0.1) is 20.9 Å². The second kappa shape index (κ2) is 5.13. The van der Waals surface area contributed by atoms with Gasteiger partial charge in [0, 0.05) is 4.92 Å². The van der Waals surface area contributed by atoms with E-state index in [-0.39, 0.29) is 34.5 Å². The Morgan fingerprint density at radius 2 is 1.56 bits per heavy atom. The smallest absolute Gasteiger partial charge is 0.230 e. The fourth-order valence-corrected chi connectivity index (χ4v) is 1.11. The molecule has 0 aromatic heterocycles.